The molecule has 0 amide bonds. The minimum atomic E-state index is -0.694. The molecule has 3 aromatic rings. The number of Topliss-reactive ketones (excluding diaryl/α,β-unsaturated/α-hetero) is 1. The number of carbonyl (C=O) groups excluding carboxylic acids is 2. The zero-order valence-corrected chi connectivity index (χ0v) is 11.1. The van der Waals surface area contributed by atoms with Crippen molar-refractivity contribution in [1.82, 2.24) is 0 Å². The second kappa shape index (κ2) is 5.63. The number of ether oxygens (including phenoxy) is 1. The lowest BCUT2D eigenvalue weighted by Crippen LogP contribution is -2.00. The van der Waals surface area contributed by atoms with E-state index in [4.69, 9.17) is 9.15 Å². The summed E-state index contributed by atoms with van der Waals surface area (Å²) in [6.07, 6.45) is 1.69. The molecule has 4 nitrogen and oxygen atoms in total. The van der Waals surface area contributed by atoms with E-state index in [1.54, 1.807) is 12.1 Å². The predicted octanol–water partition coefficient (Wildman–Crippen LogP) is 3.39. The molecule has 0 saturated carbocycles. The van der Waals surface area contributed by atoms with E-state index in [1.165, 1.54) is 6.26 Å². The highest BCUT2D eigenvalue weighted by Crippen LogP contribution is 2.31. The Morgan fingerprint density at radius 2 is 1.90 bits per heavy atom. The summed E-state index contributed by atoms with van der Waals surface area (Å²) in [6, 6.07) is 15.1. The molecule has 1 heterocycles. The summed E-state index contributed by atoms with van der Waals surface area (Å²) in [6.45, 7) is 0.375. The fourth-order valence-electron chi connectivity index (χ4n) is 2.16. The monoisotopic (exact) mass is 280 g/mol. The number of ketones is 1. The zero-order valence-electron chi connectivity index (χ0n) is 11.1. The quantitative estimate of drug-likeness (QED) is 0.408. The molecule has 0 fully saturated rings. The van der Waals surface area contributed by atoms with Gasteiger partial charge in [-0.15, -0.1) is 0 Å². The van der Waals surface area contributed by atoms with Gasteiger partial charge in [-0.2, -0.15) is 0 Å². The van der Waals surface area contributed by atoms with Crippen LogP contribution in [0.4, 0.5) is 0 Å². The Kier molecular flexibility index (Phi) is 3.51. The molecular formula is C17H12O4. The Morgan fingerprint density at radius 3 is 2.67 bits per heavy atom. The lowest BCUT2D eigenvalue weighted by atomic mass is 10.1. The fraction of sp³-hybridized carbons (Fsp3) is 0.0588. The van der Waals surface area contributed by atoms with Crippen molar-refractivity contribution in [2.45, 2.75) is 6.61 Å². The molecule has 0 spiro atoms. The van der Waals surface area contributed by atoms with Crippen LogP contribution in [0.5, 0.6) is 5.75 Å². The highest BCUT2D eigenvalue weighted by Gasteiger charge is 2.17. The van der Waals surface area contributed by atoms with Crippen molar-refractivity contribution >= 4 is 22.8 Å². The molecule has 0 atom stereocenters. The van der Waals surface area contributed by atoms with Crippen molar-refractivity contribution in [3.8, 4) is 5.75 Å². The Labute approximate surface area is 120 Å². The second-order valence-electron chi connectivity index (χ2n) is 4.54. The van der Waals surface area contributed by atoms with Crippen molar-refractivity contribution in [2.75, 3.05) is 0 Å². The standard InChI is InChI=1S/C17H12O4/c18-9-14(19)17-16-13(11-21-17)7-4-8-15(16)20-10-12-5-2-1-3-6-12/h1-9,11H,10H2. The molecular weight excluding hydrogens is 268 g/mol. The van der Waals surface area contributed by atoms with E-state index in [0.717, 1.165) is 10.9 Å². The van der Waals surface area contributed by atoms with Gasteiger partial charge < -0.3 is 9.15 Å². The van der Waals surface area contributed by atoms with Crippen molar-refractivity contribution in [3.63, 3.8) is 0 Å². The van der Waals surface area contributed by atoms with Gasteiger partial charge in [0.2, 0.25) is 0 Å². The Hall–Kier alpha value is -2.88. The van der Waals surface area contributed by atoms with Crippen LogP contribution in [0, 0.1) is 0 Å². The minimum absolute atomic E-state index is 0.0173. The molecule has 21 heavy (non-hydrogen) atoms. The summed E-state index contributed by atoms with van der Waals surface area (Å²) < 4.78 is 11.0. The van der Waals surface area contributed by atoms with Crippen LogP contribution in [0.3, 0.4) is 0 Å². The first-order valence-electron chi connectivity index (χ1n) is 6.46. The topological polar surface area (TPSA) is 56.5 Å². The largest absolute Gasteiger partial charge is 0.488 e. The smallest absolute Gasteiger partial charge is 0.261 e. The first-order chi connectivity index (χ1) is 10.3. The van der Waals surface area contributed by atoms with Gasteiger partial charge in [0.05, 0.1) is 11.6 Å². The molecule has 0 unspecified atom stereocenters. The van der Waals surface area contributed by atoms with E-state index >= 15 is 0 Å². The van der Waals surface area contributed by atoms with E-state index in [9.17, 15) is 9.59 Å². The van der Waals surface area contributed by atoms with Gasteiger partial charge in [0.25, 0.3) is 5.78 Å². The fourth-order valence-corrected chi connectivity index (χ4v) is 2.16. The van der Waals surface area contributed by atoms with Gasteiger partial charge in [0.15, 0.2) is 12.0 Å². The number of fused-ring (bicyclic) bond motifs is 1. The lowest BCUT2D eigenvalue weighted by Gasteiger charge is -2.07. The number of benzene rings is 2. The van der Waals surface area contributed by atoms with Gasteiger partial charge in [-0.1, -0.05) is 42.5 Å². The third-order valence-electron chi connectivity index (χ3n) is 3.16. The van der Waals surface area contributed by atoms with Crippen molar-refractivity contribution in [3.05, 3.63) is 66.1 Å². The molecule has 1 aromatic heterocycles. The van der Waals surface area contributed by atoms with Crippen LogP contribution in [-0.2, 0) is 11.4 Å². The summed E-state index contributed by atoms with van der Waals surface area (Å²) in [5.41, 5.74) is 1.02. The van der Waals surface area contributed by atoms with Crippen molar-refractivity contribution in [1.29, 1.82) is 0 Å². The number of hydrogen-bond acceptors (Lipinski definition) is 4. The normalized spacial score (nSPS) is 10.5. The number of carbonyl (C=O) groups is 2. The summed E-state index contributed by atoms with van der Waals surface area (Å²) in [5, 5.41) is 1.26. The molecule has 3 rings (SSSR count). The zero-order chi connectivity index (χ0) is 14.7. The molecule has 104 valence electrons. The van der Waals surface area contributed by atoms with Gasteiger partial charge in [0.1, 0.15) is 12.4 Å². The molecule has 0 bridgehead atoms. The lowest BCUT2D eigenvalue weighted by molar-refractivity contribution is -0.104. The van der Waals surface area contributed by atoms with E-state index in [2.05, 4.69) is 0 Å². The van der Waals surface area contributed by atoms with Crippen LogP contribution in [0.15, 0.2) is 59.2 Å². The third-order valence-corrected chi connectivity index (χ3v) is 3.16. The van der Waals surface area contributed by atoms with Crippen LogP contribution < -0.4 is 4.74 Å². The molecule has 0 N–H and O–H groups in total. The van der Waals surface area contributed by atoms with Crippen molar-refractivity contribution in [2.24, 2.45) is 0 Å². The van der Waals surface area contributed by atoms with E-state index in [1.807, 2.05) is 36.4 Å². The molecule has 0 radical (unpaired) electrons. The van der Waals surface area contributed by atoms with Gasteiger partial charge in [-0.3, -0.25) is 9.59 Å². The number of hydrogen-bond donors (Lipinski definition) is 0. The van der Waals surface area contributed by atoms with E-state index in [-0.39, 0.29) is 12.0 Å². The predicted molar refractivity (Wildman–Crippen MR) is 77.4 cm³/mol. The van der Waals surface area contributed by atoms with Gasteiger partial charge >= 0.3 is 0 Å². The second-order valence-corrected chi connectivity index (χ2v) is 4.54. The molecule has 0 saturated heterocycles. The first-order valence-corrected chi connectivity index (χ1v) is 6.46. The minimum Gasteiger partial charge on any atom is -0.488 e. The van der Waals surface area contributed by atoms with E-state index < -0.39 is 5.78 Å². The SMILES string of the molecule is O=CC(=O)c1occ2cccc(OCc3ccccc3)c12. The van der Waals surface area contributed by atoms with Crippen LogP contribution in [-0.4, -0.2) is 12.1 Å². The summed E-state index contributed by atoms with van der Waals surface area (Å²) in [5.74, 6) is -0.153. The first kappa shape index (κ1) is 13.1. The highest BCUT2D eigenvalue weighted by molar-refractivity contribution is 6.35. The summed E-state index contributed by atoms with van der Waals surface area (Å²) in [4.78, 5) is 22.3. The average molecular weight is 280 g/mol. The maximum Gasteiger partial charge on any atom is 0.261 e. The third kappa shape index (κ3) is 2.56. The molecule has 0 aliphatic rings. The summed E-state index contributed by atoms with van der Waals surface area (Å²) >= 11 is 0. The Bertz CT molecular complexity index is 787. The summed E-state index contributed by atoms with van der Waals surface area (Å²) in [7, 11) is 0. The number of furan rings is 1. The molecule has 2 aromatic carbocycles. The van der Waals surface area contributed by atoms with Crippen LogP contribution >= 0.6 is 0 Å². The molecule has 0 aliphatic heterocycles. The number of rotatable bonds is 5. The van der Waals surface area contributed by atoms with Crippen LogP contribution in [0.25, 0.3) is 10.8 Å². The van der Waals surface area contributed by atoms with E-state index in [0.29, 0.717) is 17.7 Å². The van der Waals surface area contributed by atoms with Gasteiger partial charge in [-0.05, 0) is 11.6 Å². The van der Waals surface area contributed by atoms with Crippen LogP contribution in [0.1, 0.15) is 16.1 Å². The molecule has 0 aliphatic carbocycles. The highest BCUT2D eigenvalue weighted by atomic mass is 16.5. The maximum absolute atomic E-state index is 11.6. The van der Waals surface area contributed by atoms with Crippen LogP contribution in [0.2, 0.25) is 0 Å². The molecule has 4 heteroatoms. The Balaban J connectivity index is 1.96. The van der Waals surface area contributed by atoms with Crippen molar-refractivity contribution < 1.29 is 18.7 Å². The van der Waals surface area contributed by atoms with Gasteiger partial charge in [0, 0.05) is 5.39 Å². The number of aldehydes is 1. The average Bonchev–Trinajstić information content (AvgIpc) is 2.98. The Morgan fingerprint density at radius 1 is 1.10 bits per heavy atom. The van der Waals surface area contributed by atoms with Gasteiger partial charge in [-0.25, -0.2) is 0 Å². The maximum atomic E-state index is 11.6.